The van der Waals surface area contributed by atoms with Crippen LogP contribution in [0.4, 0.5) is 0 Å². The Kier molecular flexibility index (Phi) is 7.22. The molecule has 1 N–H and O–H groups in total. The third kappa shape index (κ3) is 5.29. The molecule has 0 spiro atoms. The number of aromatic nitrogens is 2. The maximum Gasteiger partial charge on any atom is 0.262 e. The second-order valence-electron chi connectivity index (χ2n) is 8.06. The molecule has 8 nitrogen and oxygen atoms in total. The monoisotopic (exact) mass is 459 g/mol. The SMILES string of the molecule is COc1ccc(CN(Cc2ccc(OC)cc2)S(=O)(=O)c2cn(C(C)(C)CO)cn2)cc1. The molecule has 32 heavy (non-hydrogen) atoms. The first-order chi connectivity index (χ1) is 15.2. The zero-order valence-corrected chi connectivity index (χ0v) is 19.5. The van der Waals surface area contributed by atoms with E-state index in [1.165, 1.54) is 16.8 Å². The van der Waals surface area contributed by atoms with Crippen LogP contribution >= 0.6 is 0 Å². The lowest BCUT2D eigenvalue weighted by atomic mass is 10.1. The topological polar surface area (TPSA) is 93.9 Å². The number of rotatable bonds is 10. The molecule has 0 bridgehead atoms. The first kappa shape index (κ1) is 23.8. The highest BCUT2D eigenvalue weighted by Crippen LogP contribution is 2.24. The second kappa shape index (κ2) is 9.72. The highest BCUT2D eigenvalue weighted by molar-refractivity contribution is 7.89. The molecule has 0 aliphatic rings. The van der Waals surface area contributed by atoms with Gasteiger partial charge in [-0.15, -0.1) is 0 Å². The van der Waals surface area contributed by atoms with E-state index >= 15 is 0 Å². The van der Waals surface area contributed by atoms with Crippen molar-refractivity contribution in [3.05, 3.63) is 72.2 Å². The molecular formula is C23H29N3O5S. The Bertz CT molecular complexity index is 1070. The predicted molar refractivity (Wildman–Crippen MR) is 121 cm³/mol. The molecule has 9 heteroatoms. The Hall–Kier alpha value is -2.88. The van der Waals surface area contributed by atoms with Crippen LogP contribution < -0.4 is 9.47 Å². The number of aliphatic hydroxyl groups excluding tert-OH is 1. The fourth-order valence-electron chi connectivity index (χ4n) is 3.08. The average molecular weight is 460 g/mol. The van der Waals surface area contributed by atoms with Crippen LogP contribution in [0.2, 0.25) is 0 Å². The number of nitrogens with zero attached hydrogens (tertiary/aromatic N) is 3. The molecule has 0 saturated carbocycles. The summed E-state index contributed by atoms with van der Waals surface area (Å²) in [5, 5.41) is 9.55. The van der Waals surface area contributed by atoms with E-state index in [2.05, 4.69) is 4.98 Å². The molecule has 2 aromatic carbocycles. The van der Waals surface area contributed by atoms with Crippen LogP contribution in [0.3, 0.4) is 0 Å². The van der Waals surface area contributed by atoms with Crippen LogP contribution in [0.15, 0.2) is 66.1 Å². The fourth-order valence-corrected chi connectivity index (χ4v) is 4.41. The van der Waals surface area contributed by atoms with Crippen LogP contribution in [0, 0.1) is 0 Å². The molecule has 172 valence electrons. The maximum atomic E-state index is 13.6. The highest BCUT2D eigenvalue weighted by atomic mass is 32.2. The van der Waals surface area contributed by atoms with Gasteiger partial charge in [-0.2, -0.15) is 4.31 Å². The van der Waals surface area contributed by atoms with Crippen molar-refractivity contribution in [2.24, 2.45) is 0 Å². The van der Waals surface area contributed by atoms with Gasteiger partial charge >= 0.3 is 0 Å². The van der Waals surface area contributed by atoms with Gasteiger partial charge in [-0.05, 0) is 49.2 Å². The Morgan fingerprint density at radius 2 is 1.41 bits per heavy atom. The molecule has 0 aliphatic carbocycles. The summed E-state index contributed by atoms with van der Waals surface area (Å²) in [5.74, 6) is 1.39. The fraction of sp³-hybridized carbons (Fsp3) is 0.348. The van der Waals surface area contributed by atoms with Crippen molar-refractivity contribution in [3.63, 3.8) is 0 Å². The van der Waals surface area contributed by atoms with E-state index in [0.717, 1.165) is 11.1 Å². The van der Waals surface area contributed by atoms with Gasteiger partial charge in [-0.25, -0.2) is 13.4 Å². The molecular weight excluding hydrogens is 430 g/mol. The minimum Gasteiger partial charge on any atom is -0.497 e. The van der Waals surface area contributed by atoms with Gasteiger partial charge in [0.1, 0.15) is 11.5 Å². The van der Waals surface area contributed by atoms with Crippen LogP contribution in [0.1, 0.15) is 25.0 Å². The maximum absolute atomic E-state index is 13.6. The summed E-state index contributed by atoms with van der Waals surface area (Å²) >= 11 is 0. The molecule has 3 rings (SSSR count). The smallest absolute Gasteiger partial charge is 0.262 e. The lowest BCUT2D eigenvalue weighted by molar-refractivity contribution is 0.164. The number of aliphatic hydroxyl groups is 1. The Balaban J connectivity index is 1.95. The van der Waals surface area contributed by atoms with E-state index in [4.69, 9.17) is 9.47 Å². The second-order valence-corrected chi connectivity index (χ2v) is 9.94. The van der Waals surface area contributed by atoms with Crippen LogP contribution in [0.25, 0.3) is 0 Å². The minimum absolute atomic E-state index is 0.0685. The number of sulfonamides is 1. The summed E-state index contributed by atoms with van der Waals surface area (Å²) in [7, 11) is -0.753. The molecule has 0 amide bonds. The number of methoxy groups -OCH3 is 2. The summed E-state index contributed by atoms with van der Waals surface area (Å²) in [6.07, 6.45) is 2.89. The van der Waals surface area contributed by atoms with Crippen molar-refractivity contribution in [3.8, 4) is 11.5 Å². The first-order valence-electron chi connectivity index (χ1n) is 10.1. The standard InChI is InChI=1S/C23H29N3O5S/c1-23(2,16-27)25-15-22(24-17-25)32(28,29)26(13-18-5-9-20(30-3)10-6-18)14-19-7-11-21(31-4)12-8-19/h5-12,15,17,27H,13-14,16H2,1-4H3. The van der Waals surface area contributed by atoms with E-state index in [1.807, 2.05) is 24.3 Å². The van der Waals surface area contributed by atoms with Gasteiger partial charge in [0.2, 0.25) is 0 Å². The number of imidazole rings is 1. The number of benzene rings is 2. The van der Waals surface area contributed by atoms with Crippen molar-refractivity contribution >= 4 is 10.0 Å². The van der Waals surface area contributed by atoms with Crippen LogP contribution in [0.5, 0.6) is 11.5 Å². The van der Waals surface area contributed by atoms with E-state index in [1.54, 1.807) is 56.9 Å². The summed E-state index contributed by atoms with van der Waals surface area (Å²) < 4.78 is 40.5. The Morgan fingerprint density at radius 3 is 1.81 bits per heavy atom. The quantitative estimate of drug-likeness (QED) is 0.501. The van der Waals surface area contributed by atoms with E-state index in [0.29, 0.717) is 11.5 Å². The zero-order valence-electron chi connectivity index (χ0n) is 18.7. The van der Waals surface area contributed by atoms with E-state index < -0.39 is 15.6 Å². The average Bonchev–Trinajstić information content (AvgIpc) is 3.32. The number of hydrogen-bond acceptors (Lipinski definition) is 6. The third-order valence-corrected chi connectivity index (χ3v) is 6.96. The van der Waals surface area contributed by atoms with Crippen molar-refractivity contribution in [1.82, 2.24) is 13.9 Å². The predicted octanol–water partition coefficient (Wildman–Crippen LogP) is 3.02. The molecule has 0 saturated heterocycles. The third-order valence-electron chi connectivity index (χ3n) is 5.28. The zero-order chi connectivity index (χ0) is 23.4. The molecule has 0 unspecified atom stereocenters. The highest BCUT2D eigenvalue weighted by Gasteiger charge is 2.29. The van der Waals surface area contributed by atoms with E-state index in [-0.39, 0.29) is 24.7 Å². The largest absolute Gasteiger partial charge is 0.497 e. The van der Waals surface area contributed by atoms with Gasteiger partial charge in [0.15, 0.2) is 5.03 Å². The van der Waals surface area contributed by atoms with Crippen molar-refractivity contribution in [2.75, 3.05) is 20.8 Å². The van der Waals surface area contributed by atoms with Gasteiger partial charge < -0.3 is 19.1 Å². The molecule has 0 fully saturated rings. The van der Waals surface area contributed by atoms with Gasteiger partial charge in [0, 0.05) is 19.3 Å². The summed E-state index contributed by atoms with van der Waals surface area (Å²) in [6, 6.07) is 14.5. The van der Waals surface area contributed by atoms with Crippen molar-refractivity contribution in [2.45, 2.75) is 37.5 Å². The lowest BCUT2D eigenvalue weighted by Crippen LogP contribution is -2.31. The van der Waals surface area contributed by atoms with Crippen molar-refractivity contribution < 1.29 is 23.0 Å². The molecule has 0 atom stereocenters. The first-order valence-corrected chi connectivity index (χ1v) is 11.5. The summed E-state index contributed by atoms with van der Waals surface area (Å²) in [4.78, 5) is 4.14. The normalized spacial score (nSPS) is 12.2. The summed E-state index contributed by atoms with van der Waals surface area (Å²) in [6.45, 7) is 3.78. The minimum atomic E-state index is -3.92. The number of hydrogen-bond donors (Lipinski definition) is 1. The van der Waals surface area contributed by atoms with Gasteiger partial charge in [0.25, 0.3) is 10.0 Å². The molecule has 0 aliphatic heterocycles. The molecule has 1 aromatic heterocycles. The van der Waals surface area contributed by atoms with Gasteiger partial charge in [0.05, 0.1) is 32.7 Å². The molecule has 1 heterocycles. The van der Waals surface area contributed by atoms with Crippen molar-refractivity contribution in [1.29, 1.82) is 0 Å². The molecule has 0 radical (unpaired) electrons. The van der Waals surface area contributed by atoms with Crippen LogP contribution in [-0.4, -0.2) is 48.2 Å². The van der Waals surface area contributed by atoms with E-state index in [9.17, 15) is 13.5 Å². The Morgan fingerprint density at radius 1 is 0.938 bits per heavy atom. The lowest BCUT2D eigenvalue weighted by Gasteiger charge is -2.24. The Labute approximate surface area is 189 Å². The van der Waals surface area contributed by atoms with Gasteiger partial charge in [-0.1, -0.05) is 24.3 Å². The van der Waals surface area contributed by atoms with Crippen LogP contribution in [-0.2, 0) is 28.7 Å². The van der Waals surface area contributed by atoms with Gasteiger partial charge in [-0.3, -0.25) is 0 Å². The molecule has 3 aromatic rings. The number of ether oxygens (including phenoxy) is 2. The summed E-state index contributed by atoms with van der Waals surface area (Å²) in [5.41, 5.74) is 0.966.